The molecule has 15 heteroatoms. The zero-order valence-electron chi connectivity index (χ0n) is 30.4. The van der Waals surface area contributed by atoms with Crippen LogP contribution in [0.3, 0.4) is 0 Å². The third-order valence-corrected chi connectivity index (χ3v) is 16.5. The van der Waals surface area contributed by atoms with Gasteiger partial charge < -0.3 is 59.3 Å². The van der Waals surface area contributed by atoms with E-state index < -0.39 is 77.0 Å². The van der Waals surface area contributed by atoms with Gasteiger partial charge in [-0.3, -0.25) is 4.79 Å². The van der Waals surface area contributed by atoms with E-state index in [1.54, 1.807) is 48.1 Å². The quantitative estimate of drug-likeness (QED) is 0.128. The number of esters is 1. The van der Waals surface area contributed by atoms with Crippen molar-refractivity contribution in [2.75, 3.05) is 39.5 Å². The first-order chi connectivity index (χ1) is 26.0. The molecule has 2 spiro atoms. The van der Waals surface area contributed by atoms with Crippen LogP contribution >= 0.6 is 21.6 Å². The fraction of sp³-hybridized carbons (Fsp3) is 0.667. The predicted molar refractivity (Wildman–Crippen MR) is 201 cm³/mol. The van der Waals surface area contributed by atoms with E-state index in [1.807, 2.05) is 0 Å². The molecule has 8 rings (SSSR count). The van der Waals surface area contributed by atoms with E-state index in [4.69, 9.17) is 23.4 Å². The highest BCUT2D eigenvalue weighted by molar-refractivity contribution is 8.77. The van der Waals surface area contributed by atoms with Crippen LogP contribution in [-0.2, 0) is 20.7 Å². The number of aliphatic hydroxyl groups is 6. The van der Waals surface area contributed by atoms with E-state index in [0.717, 1.165) is 32.1 Å². The summed E-state index contributed by atoms with van der Waals surface area (Å²) in [4.78, 5) is 12.7. The molecule has 1 saturated heterocycles. The third-order valence-electron chi connectivity index (χ3n) is 12.8. The molecule has 13 nitrogen and oxygen atoms in total. The van der Waals surface area contributed by atoms with E-state index in [2.05, 4.69) is 5.32 Å². The summed E-state index contributed by atoms with van der Waals surface area (Å²) in [7, 11) is 3.16. The molecule has 5 bridgehead atoms. The van der Waals surface area contributed by atoms with Crippen molar-refractivity contribution in [3.63, 3.8) is 0 Å². The molecule has 2 saturated carbocycles. The van der Waals surface area contributed by atoms with E-state index in [0.29, 0.717) is 29.6 Å². The standard InChI is InChI=1S/C39H51NO12S2/c1-2-48-29(44)9-7-23-18-24-11-16-49-31(24)33-32(23)51-38-14-10-28(53-54-35(12-4-3-5-13-35)21-40-15-17-50-33)37(22-42,52-38)36(46)19-25-6-8-27(43)26(20-41)30(25)39(38,47)34(36)45/h6,8,10-11,14,16,18,25-28,30,34,40-43,45-47H,2-5,7,9,12-13,15,17,19-22H2,1H3/t25-,26-,27-,28?,30-,34-,36+,37-,38+,39+/m0/s1. The second-order valence-electron chi connectivity index (χ2n) is 15.8. The number of carbonyl (C=O) groups is 1. The van der Waals surface area contributed by atoms with Crippen molar-refractivity contribution < 1.29 is 58.8 Å². The minimum atomic E-state index is -2.52. The van der Waals surface area contributed by atoms with Crippen LogP contribution in [-0.4, -0.2) is 121 Å². The van der Waals surface area contributed by atoms with Gasteiger partial charge in [-0.15, -0.1) is 0 Å². The molecule has 3 fully saturated rings. The molecule has 1 unspecified atom stereocenters. The Balaban J connectivity index is 1.36. The maximum absolute atomic E-state index is 13.4. The van der Waals surface area contributed by atoms with Gasteiger partial charge in [-0.2, -0.15) is 0 Å². The number of ether oxygens (including phenoxy) is 4. The zero-order valence-corrected chi connectivity index (χ0v) is 32.0. The first kappa shape index (κ1) is 38.6. The first-order valence-electron chi connectivity index (χ1n) is 19.2. The first-order valence-corrected chi connectivity index (χ1v) is 21.4. The van der Waals surface area contributed by atoms with Gasteiger partial charge in [0, 0.05) is 48.1 Å². The number of hydrogen-bond acceptors (Lipinski definition) is 15. The minimum absolute atomic E-state index is 0.0161. The van der Waals surface area contributed by atoms with Gasteiger partial charge >= 0.3 is 5.97 Å². The number of furan rings is 1. The van der Waals surface area contributed by atoms with Gasteiger partial charge in [0.25, 0.3) is 5.79 Å². The monoisotopic (exact) mass is 789 g/mol. The Morgan fingerprint density at radius 2 is 1.91 bits per heavy atom. The van der Waals surface area contributed by atoms with Crippen LogP contribution in [0.1, 0.15) is 57.4 Å². The molecular weight excluding hydrogens is 739 g/mol. The van der Waals surface area contributed by atoms with Gasteiger partial charge in [0.1, 0.15) is 23.9 Å². The van der Waals surface area contributed by atoms with E-state index in [1.165, 1.54) is 23.1 Å². The normalized spacial score (nSPS) is 39.8. The Hall–Kier alpha value is -2.31. The van der Waals surface area contributed by atoms with Crippen molar-refractivity contribution >= 4 is 38.5 Å². The average Bonchev–Trinajstić information content (AvgIpc) is 3.64. The number of aryl methyl sites for hydroxylation is 1. The molecule has 3 aliphatic carbocycles. The lowest BCUT2D eigenvalue weighted by Gasteiger charge is -2.71. The molecule has 3 aliphatic heterocycles. The molecule has 54 heavy (non-hydrogen) atoms. The lowest BCUT2D eigenvalue weighted by atomic mass is 9.47. The summed E-state index contributed by atoms with van der Waals surface area (Å²) in [6.45, 7) is 2.02. The number of fused-ring (bicyclic) bond motifs is 11. The molecule has 0 amide bonds. The highest BCUT2D eigenvalue weighted by Gasteiger charge is 2.83. The Morgan fingerprint density at radius 3 is 2.67 bits per heavy atom. The van der Waals surface area contributed by atoms with Crippen molar-refractivity contribution in [2.45, 2.75) is 103 Å². The van der Waals surface area contributed by atoms with Crippen molar-refractivity contribution in [2.24, 2.45) is 17.8 Å². The molecule has 0 radical (unpaired) electrons. The Labute approximate surface area is 321 Å². The fourth-order valence-electron chi connectivity index (χ4n) is 10.1. The molecule has 6 aliphatic rings. The van der Waals surface area contributed by atoms with Gasteiger partial charge in [-0.1, -0.05) is 59.1 Å². The lowest BCUT2D eigenvalue weighted by molar-refractivity contribution is -0.450. The zero-order chi connectivity index (χ0) is 37.9. The highest BCUT2D eigenvalue weighted by Crippen LogP contribution is 2.67. The van der Waals surface area contributed by atoms with Gasteiger partial charge in [-0.25, -0.2) is 0 Å². The Bertz CT molecular complexity index is 1780. The summed E-state index contributed by atoms with van der Waals surface area (Å²) in [5, 5.41) is 75.9. The highest BCUT2D eigenvalue weighted by atomic mass is 33.1. The van der Waals surface area contributed by atoms with Crippen LogP contribution in [0, 0.1) is 17.8 Å². The largest absolute Gasteiger partial charge is 0.485 e. The number of hydrogen-bond donors (Lipinski definition) is 7. The molecule has 4 heterocycles. The smallest absolute Gasteiger partial charge is 0.306 e. The molecule has 2 aromatic rings. The molecule has 296 valence electrons. The summed E-state index contributed by atoms with van der Waals surface area (Å²) in [5.41, 5.74) is -5.80. The Kier molecular flexibility index (Phi) is 10.4. The number of allylic oxidation sites excluding steroid dienone is 1. The van der Waals surface area contributed by atoms with Crippen molar-refractivity contribution in [3.8, 4) is 11.5 Å². The van der Waals surface area contributed by atoms with E-state index in [-0.39, 0.29) is 48.7 Å². The summed E-state index contributed by atoms with van der Waals surface area (Å²) >= 11 is 0. The molecule has 7 N–H and O–H groups in total. The fourth-order valence-corrected chi connectivity index (χ4v) is 13.9. The number of nitrogens with one attached hydrogen (secondary N) is 1. The van der Waals surface area contributed by atoms with Crippen molar-refractivity contribution in [1.82, 2.24) is 5.32 Å². The number of carbonyl (C=O) groups excluding carboxylic acids is 1. The van der Waals surface area contributed by atoms with Crippen LogP contribution in [0.15, 0.2) is 47.1 Å². The van der Waals surface area contributed by atoms with Gasteiger partial charge in [0.15, 0.2) is 16.9 Å². The number of benzene rings is 1. The maximum Gasteiger partial charge on any atom is 0.306 e. The number of aliphatic hydroxyl groups excluding tert-OH is 4. The summed E-state index contributed by atoms with van der Waals surface area (Å²) in [5.74, 6) is -5.25. The number of rotatable bonds is 6. The predicted octanol–water partition coefficient (Wildman–Crippen LogP) is 2.77. The van der Waals surface area contributed by atoms with Crippen LogP contribution in [0.25, 0.3) is 11.0 Å². The molecule has 1 aromatic carbocycles. The van der Waals surface area contributed by atoms with Crippen LogP contribution in [0.5, 0.6) is 11.5 Å². The van der Waals surface area contributed by atoms with Crippen LogP contribution < -0.4 is 14.8 Å². The molecule has 1 aromatic heterocycles. The van der Waals surface area contributed by atoms with Gasteiger partial charge in [0.05, 0.1) is 30.8 Å². The second-order valence-corrected chi connectivity index (χ2v) is 18.6. The topological polar surface area (TPSA) is 201 Å². The van der Waals surface area contributed by atoms with Gasteiger partial charge in [-0.05, 0) is 62.3 Å². The summed E-state index contributed by atoms with van der Waals surface area (Å²) in [6, 6.07) is 3.56. The van der Waals surface area contributed by atoms with E-state index >= 15 is 0 Å². The minimum Gasteiger partial charge on any atom is -0.485 e. The van der Waals surface area contributed by atoms with Crippen molar-refractivity contribution in [3.05, 3.63) is 48.3 Å². The van der Waals surface area contributed by atoms with Gasteiger partial charge in [0.2, 0.25) is 5.75 Å². The SMILES string of the molecule is CCOC(=O)CCc1cc2ccoc2c2c1O[C@]13C=CC(SSC4(CCCCC4)CNCCO2)[C@](CO)(O1)[C@@]1(O)C[C@@H]2C=C[C@H](O)[C@H](CO)[C@H]2[C@@]3(O)[C@H]1O. The maximum atomic E-state index is 13.4. The summed E-state index contributed by atoms with van der Waals surface area (Å²) in [6.07, 6.45) is 10.1. The third kappa shape index (κ3) is 5.79. The lowest BCUT2D eigenvalue weighted by Crippen LogP contribution is -2.90. The van der Waals surface area contributed by atoms with E-state index in [9.17, 15) is 35.4 Å². The molecule has 10 atom stereocenters. The van der Waals surface area contributed by atoms with Crippen LogP contribution in [0.4, 0.5) is 0 Å². The Morgan fingerprint density at radius 1 is 1.09 bits per heavy atom. The molecular formula is C39H51NO12S2. The van der Waals surface area contributed by atoms with Crippen LogP contribution in [0.2, 0.25) is 0 Å². The second kappa shape index (κ2) is 14.6. The summed E-state index contributed by atoms with van der Waals surface area (Å²) < 4.78 is 31.6. The van der Waals surface area contributed by atoms with Crippen molar-refractivity contribution in [1.29, 1.82) is 0 Å². The average molecular weight is 790 g/mol.